The molecule has 1 spiro atoms. The van der Waals surface area contributed by atoms with Crippen molar-refractivity contribution in [3.63, 3.8) is 0 Å². The van der Waals surface area contributed by atoms with E-state index >= 15 is 0 Å². The third-order valence-electron chi connectivity index (χ3n) is 7.86. The average Bonchev–Trinajstić information content (AvgIpc) is 3.08. The Morgan fingerprint density at radius 3 is 2.43 bits per heavy atom. The number of aliphatic hydroxyl groups excluding tert-OH is 1. The van der Waals surface area contributed by atoms with E-state index in [0.29, 0.717) is 45.2 Å². The first-order valence-corrected chi connectivity index (χ1v) is 12.4. The Morgan fingerprint density at radius 1 is 1.14 bits per heavy atom. The molecule has 3 aliphatic rings. The first-order valence-electron chi connectivity index (χ1n) is 12.4. The summed E-state index contributed by atoms with van der Waals surface area (Å²) in [5, 5.41) is 19.3. The number of amides is 2. The Labute approximate surface area is 203 Å². The summed E-state index contributed by atoms with van der Waals surface area (Å²) in [4.78, 5) is 29.7. The van der Waals surface area contributed by atoms with Gasteiger partial charge in [-0.15, -0.1) is 0 Å². The highest BCUT2D eigenvalue weighted by atomic mass is 19.4. The summed E-state index contributed by atoms with van der Waals surface area (Å²) in [6, 6.07) is 3.22. The lowest BCUT2D eigenvalue weighted by Crippen LogP contribution is -2.50. The molecule has 0 aromatic heterocycles. The van der Waals surface area contributed by atoms with E-state index in [9.17, 15) is 33.0 Å². The quantitative estimate of drug-likeness (QED) is 0.629. The van der Waals surface area contributed by atoms with Crippen molar-refractivity contribution in [1.82, 2.24) is 4.90 Å². The Kier molecular flexibility index (Phi) is 6.96. The highest BCUT2D eigenvalue weighted by Gasteiger charge is 2.51. The molecule has 0 bridgehead atoms. The maximum atomic E-state index is 14.1. The molecule has 3 fully saturated rings. The summed E-state index contributed by atoms with van der Waals surface area (Å²) < 4.78 is 42.4. The summed E-state index contributed by atoms with van der Waals surface area (Å²) >= 11 is 0. The van der Waals surface area contributed by atoms with E-state index in [-0.39, 0.29) is 36.0 Å². The normalized spacial score (nSPS) is 27.7. The van der Waals surface area contributed by atoms with Gasteiger partial charge in [0.2, 0.25) is 5.91 Å². The fourth-order valence-electron chi connectivity index (χ4n) is 6.09. The van der Waals surface area contributed by atoms with E-state index in [1.54, 1.807) is 18.7 Å². The fourth-order valence-corrected chi connectivity index (χ4v) is 6.09. The van der Waals surface area contributed by atoms with E-state index in [1.807, 2.05) is 4.90 Å². The molecule has 7 nitrogen and oxygen atoms in total. The predicted octanol–water partition coefficient (Wildman–Crippen LogP) is 4.72. The number of carboxylic acid groups (broad SMARTS) is 1. The number of alkyl halides is 3. The van der Waals surface area contributed by atoms with Gasteiger partial charge in [-0.2, -0.15) is 13.2 Å². The maximum Gasteiger partial charge on any atom is 0.418 e. The Hall–Kier alpha value is -2.49. The molecule has 2 amide bonds. The molecule has 4 rings (SSSR count). The van der Waals surface area contributed by atoms with Gasteiger partial charge < -0.3 is 20.0 Å². The number of carbonyl (C=O) groups excluding carboxylic acids is 1. The van der Waals surface area contributed by atoms with Gasteiger partial charge in [0.25, 0.3) is 0 Å². The van der Waals surface area contributed by atoms with Crippen LogP contribution in [0.25, 0.3) is 0 Å². The van der Waals surface area contributed by atoms with Gasteiger partial charge in [0.15, 0.2) is 0 Å². The smallest absolute Gasteiger partial charge is 0.418 e. The zero-order valence-electron chi connectivity index (χ0n) is 20.2. The number of piperidine rings is 1. The molecule has 2 aliphatic heterocycles. The van der Waals surface area contributed by atoms with Crippen molar-refractivity contribution in [1.29, 1.82) is 0 Å². The van der Waals surface area contributed by atoms with Crippen LogP contribution in [0.1, 0.15) is 64.4 Å². The number of anilines is 2. The summed E-state index contributed by atoms with van der Waals surface area (Å²) in [5.41, 5.74) is -1.64. The molecule has 194 valence electrons. The molecule has 1 aromatic rings. The SMILES string of the molecule is CC(C)N(C(=O)O)c1ccc(N2CCCC3(CCN(C4CCC(O)CC4)C3=O)C2)c(C(F)(F)F)c1. The summed E-state index contributed by atoms with van der Waals surface area (Å²) in [6.07, 6.45) is -1.61. The van der Waals surface area contributed by atoms with Gasteiger partial charge in [-0.25, -0.2) is 4.79 Å². The average molecular weight is 498 g/mol. The molecular weight excluding hydrogens is 463 g/mol. The minimum Gasteiger partial charge on any atom is -0.465 e. The van der Waals surface area contributed by atoms with Crippen LogP contribution in [0.4, 0.5) is 29.3 Å². The number of likely N-dealkylation sites (tertiary alicyclic amines) is 1. The molecule has 2 saturated heterocycles. The van der Waals surface area contributed by atoms with Crippen molar-refractivity contribution in [2.45, 2.75) is 83.2 Å². The molecule has 1 aliphatic carbocycles. The van der Waals surface area contributed by atoms with Crippen LogP contribution in [0.2, 0.25) is 0 Å². The van der Waals surface area contributed by atoms with Crippen LogP contribution in [0, 0.1) is 5.41 Å². The topological polar surface area (TPSA) is 84.3 Å². The van der Waals surface area contributed by atoms with Crippen molar-refractivity contribution >= 4 is 23.4 Å². The molecule has 0 radical (unpaired) electrons. The molecule has 1 saturated carbocycles. The minimum absolute atomic E-state index is 0.0125. The molecule has 1 aromatic carbocycles. The van der Waals surface area contributed by atoms with Crippen LogP contribution in [-0.4, -0.2) is 64.9 Å². The highest BCUT2D eigenvalue weighted by Crippen LogP contribution is 2.46. The monoisotopic (exact) mass is 497 g/mol. The summed E-state index contributed by atoms with van der Waals surface area (Å²) in [6.45, 7) is 4.43. The fraction of sp³-hybridized carbons (Fsp3) is 0.680. The van der Waals surface area contributed by atoms with E-state index in [0.717, 1.165) is 23.8 Å². The van der Waals surface area contributed by atoms with Crippen molar-refractivity contribution in [3.05, 3.63) is 23.8 Å². The molecule has 1 atom stereocenters. The largest absolute Gasteiger partial charge is 0.465 e. The van der Waals surface area contributed by atoms with Crippen molar-refractivity contribution < 1.29 is 33.0 Å². The number of rotatable bonds is 4. The highest BCUT2D eigenvalue weighted by molar-refractivity contribution is 5.88. The molecule has 1 unspecified atom stereocenters. The van der Waals surface area contributed by atoms with Gasteiger partial charge in [0.05, 0.1) is 17.1 Å². The number of benzene rings is 1. The van der Waals surface area contributed by atoms with Crippen LogP contribution in [-0.2, 0) is 11.0 Å². The lowest BCUT2D eigenvalue weighted by atomic mass is 9.78. The zero-order valence-corrected chi connectivity index (χ0v) is 20.2. The number of hydrogen-bond donors (Lipinski definition) is 2. The lowest BCUT2D eigenvalue weighted by molar-refractivity contribution is -0.139. The first kappa shape index (κ1) is 25.6. The van der Waals surface area contributed by atoms with E-state index < -0.39 is 29.3 Å². The third kappa shape index (κ3) is 4.94. The van der Waals surface area contributed by atoms with Gasteiger partial charge in [0.1, 0.15) is 0 Å². The number of halogens is 3. The van der Waals surface area contributed by atoms with Gasteiger partial charge in [-0.05, 0) is 77.0 Å². The van der Waals surface area contributed by atoms with Crippen LogP contribution < -0.4 is 9.80 Å². The van der Waals surface area contributed by atoms with Crippen molar-refractivity contribution in [3.8, 4) is 0 Å². The van der Waals surface area contributed by atoms with Crippen LogP contribution >= 0.6 is 0 Å². The second-order valence-corrected chi connectivity index (χ2v) is 10.5. The number of nitrogens with zero attached hydrogens (tertiary/aromatic N) is 3. The Morgan fingerprint density at radius 2 is 1.83 bits per heavy atom. The molecule has 10 heteroatoms. The lowest BCUT2D eigenvalue weighted by Gasteiger charge is -2.42. The number of hydrogen-bond acceptors (Lipinski definition) is 4. The molecule has 35 heavy (non-hydrogen) atoms. The van der Waals surface area contributed by atoms with E-state index in [2.05, 4.69) is 0 Å². The third-order valence-corrected chi connectivity index (χ3v) is 7.86. The van der Waals surface area contributed by atoms with Gasteiger partial charge in [-0.3, -0.25) is 9.69 Å². The molecule has 2 N–H and O–H groups in total. The molecular formula is C25H34F3N3O4. The Balaban J connectivity index is 1.61. The zero-order chi connectivity index (χ0) is 25.5. The summed E-state index contributed by atoms with van der Waals surface area (Å²) in [7, 11) is 0. The van der Waals surface area contributed by atoms with Gasteiger partial charge in [-0.1, -0.05) is 0 Å². The van der Waals surface area contributed by atoms with Crippen LogP contribution in [0.3, 0.4) is 0 Å². The van der Waals surface area contributed by atoms with Gasteiger partial charge in [0, 0.05) is 43.1 Å². The van der Waals surface area contributed by atoms with E-state index in [4.69, 9.17) is 0 Å². The second kappa shape index (κ2) is 9.52. The predicted molar refractivity (Wildman–Crippen MR) is 126 cm³/mol. The standard InChI is InChI=1S/C25H34F3N3O4/c1-16(2)31(23(34)35)18-6-9-21(20(14-18)25(26,27)28)29-12-3-10-24(15-29)11-13-30(22(24)33)17-4-7-19(32)8-5-17/h6,9,14,16-17,19,32H,3-5,7-8,10-13,15H2,1-2H3,(H,34,35). The van der Waals surface area contributed by atoms with Crippen LogP contribution in [0.15, 0.2) is 18.2 Å². The second-order valence-electron chi connectivity index (χ2n) is 10.5. The Bertz CT molecular complexity index is 962. The van der Waals surface area contributed by atoms with Crippen molar-refractivity contribution in [2.24, 2.45) is 5.41 Å². The van der Waals surface area contributed by atoms with Crippen LogP contribution in [0.5, 0.6) is 0 Å². The minimum atomic E-state index is -4.67. The number of aliphatic hydroxyl groups is 1. The number of carbonyl (C=O) groups is 2. The summed E-state index contributed by atoms with van der Waals surface area (Å²) in [5.74, 6) is 0.0191. The van der Waals surface area contributed by atoms with Gasteiger partial charge >= 0.3 is 12.3 Å². The maximum absolute atomic E-state index is 14.1. The van der Waals surface area contributed by atoms with E-state index in [1.165, 1.54) is 12.1 Å². The first-order chi connectivity index (χ1) is 16.4. The molecule has 2 heterocycles. The van der Waals surface area contributed by atoms with Crippen molar-refractivity contribution in [2.75, 3.05) is 29.4 Å².